The maximum atomic E-state index is 10.2. The summed E-state index contributed by atoms with van der Waals surface area (Å²) in [6.07, 6.45) is 0.682. The zero-order chi connectivity index (χ0) is 14.1. The van der Waals surface area contributed by atoms with Crippen LogP contribution in [0.25, 0.3) is 10.2 Å². The molecule has 0 saturated heterocycles. The maximum Gasteiger partial charge on any atom is 0.157 e. The summed E-state index contributed by atoms with van der Waals surface area (Å²) in [5, 5.41) is 16.7. The highest BCUT2D eigenvalue weighted by atomic mass is 32.1. The minimum absolute atomic E-state index is 0.0369. The maximum absolute atomic E-state index is 10.2. The summed E-state index contributed by atoms with van der Waals surface area (Å²) in [6, 6.07) is 4.18. The van der Waals surface area contributed by atoms with Crippen molar-refractivity contribution in [2.75, 3.05) is 5.32 Å². The van der Waals surface area contributed by atoms with Gasteiger partial charge in [0.25, 0.3) is 0 Å². The van der Waals surface area contributed by atoms with Gasteiger partial charge in [0.05, 0.1) is 16.1 Å². The minimum Gasteiger partial charge on any atom is -0.505 e. The molecule has 0 bridgehead atoms. The lowest BCUT2D eigenvalue weighted by Crippen LogP contribution is -2.16. The second kappa shape index (κ2) is 5.69. The van der Waals surface area contributed by atoms with Crippen LogP contribution in [-0.2, 0) is 13.0 Å². The van der Waals surface area contributed by atoms with Crippen LogP contribution in [0, 0.1) is 0 Å². The molecule has 0 aliphatic heterocycles. The second-order valence-electron chi connectivity index (χ2n) is 4.68. The molecule has 4 N–H and O–H groups in total. The van der Waals surface area contributed by atoms with Crippen molar-refractivity contribution in [3.8, 4) is 5.75 Å². The van der Waals surface area contributed by atoms with Crippen LogP contribution in [0.15, 0.2) is 17.5 Å². The van der Waals surface area contributed by atoms with E-state index in [1.54, 1.807) is 22.7 Å². The van der Waals surface area contributed by atoms with Crippen molar-refractivity contribution in [3.05, 3.63) is 27.3 Å². The smallest absolute Gasteiger partial charge is 0.157 e. The summed E-state index contributed by atoms with van der Waals surface area (Å²) >= 11 is 4.70. The molecule has 3 aromatic heterocycles. The molecular formula is C13H15N3OS3. The van der Waals surface area contributed by atoms with Crippen molar-refractivity contribution < 1.29 is 5.11 Å². The van der Waals surface area contributed by atoms with Gasteiger partial charge < -0.3 is 16.2 Å². The van der Waals surface area contributed by atoms with Crippen LogP contribution in [0.1, 0.15) is 16.7 Å². The zero-order valence-corrected chi connectivity index (χ0v) is 13.4. The molecule has 106 valence electrons. The molecule has 0 fully saturated rings. The second-order valence-corrected chi connectivity index (χ2v) is 7.59. The minimum atomic E-state index is 0.0369. The molecule has 0 unspecified atom stereocenters. The van der Waals surface area contributed by atoms with E-state index in [-0.39, 0.29) is 6.04 Å². The molecule has 0 aliphatic rings. The van der Waals surface area contributed by atoms with E-state index in [4.69, 9.17) is 5.73 Å². The lowest BCUT2D eigenvalue weighted by Gasteiger charge is -2.02. The number of anilines is 1. The fourth-order valence-corrected chi connectivity index (χ4v) is 4.76. The standard InChI is InChI=1S/C13H15N3OS3/c1-7(14)5-9-11(17)10-12(19-9)13(20-16-10)15-6-8-3-2-4-18-8/h2-4,7,15,17H,5-6,14H2,1H3/t7-/m0/s1. The molecular weight excluding hydrogens is 310 g/mol. The summed E-state index contributed by atoms with van der Waals surface area (Å²) in [4.78, 5) is 2.20. The number of aromatic hydroxyl groups is 1. The molecule has 0 radical (unpaired) electrons. The lowest BCUT2D eigenvalue weighted by molar-refractivity contribution is 0.474. The quantitative estimate of drug-likeness (QED) is 0.670. The van der Waals surface area contributed by atoms with E-state index in [0.717, 1.165) is 21.1 Å². The van der Waals surface area contributed by atoms with Crippen molar-refractivity contribution in [1.82, 2.24) is 4.37 Å². The van der Waals surface area contributed by atoms with E-state index < -0.39 is 0 Å². The van der Waals surface area contributed by atoms with Gasteiger partial charge in [-0.25, -0.2) is 0 Å². The van der Waals surface area contributed by atoms with E-state index in [0.29, 0.717) is 17.7 Å². The zero-order valence-electron chi connectivity index (χ0n) is 10.9. The molecule has 7 heteroatoms. The van der Waals surface area contributed by atoms with Crippen molar-refractivity contribution in [2.24, 2.45) is 5.73 Å². The van der Waals surface area contributed by atoms with E-state index in [9.17, 15) is 5.11 Å². The first kappa shape index (κ1) is 13.8. The number of hydrogen-bond donors (Lipinski definition) is 3. The summed E-state index contributed by atoms with van der Waals surface area (Å²) in [7, 11) is 0. The van der Waals surface area contributed by atoms with Crippen LogP contribution < -0.4 is 11.1 Å². The molecule has 0 aromatic carbocycles. The Morgan fingerprint density at radius 1 is 1.50 bits per heavy atom. The summed E-state index contributed by atoms with van der Waals surface area (Å²) in [5.74, 6) is 0.294. The third-order valence-electron chi connectivity index (χ3n) is 2.87. The van der Waals surface area contributed by atoms with Gasteiger partial charge in [-0.2, -0.15) is 4.37 Å². The van der Waals surface area contributed by atoms with Crippen molar-refractivity contribution >= 4 is 49.4 Å². The van der Waals surface area contributed by atoms with Crippen molar-refractivity contribution in [2.45, 2.75) is 25.9 Å². The van der Waals surface area contributed by atoms with E-state index in [2.05, 4.69) is 21.1 Å². The molecule has 0 amide bonds. The summed E-state index contributed by atoms with van der Waals surface area (Å²) in [6.45, 7) is 2.73. The predicted octanol–water partition coefficient (Wildman–Crippen LogP) is 3.63. The van der Waals surface area contributed by atoms with Gasteiger partial charge in [0.1, 0.15) is 10.5 Å². The highest BCUT2D eigenvalue weighted by Crippen LogP contribution is 2.43. The number of hydrogen-bond acceptors (Lipinski definition) is 7. The van der Waals surface area contributed by atoms with Crippen molar-refractivity contribution in [1.29, 1.82) is 0 Å². The molecule has 0 saturated carbocycles. The molecule has 1 atom stereocenters. The number of thiophene rings is 2. The normalized spacial score (nSPS) is 12.9. The Morgan fingerprint density at radius 2 is 2.35 bits per heavy atom. The Hall–Kier alpha value is -1.15. The lowest BCUT2D eigenvalue weighted by atomic mass is 10.2. The molecule has 0 spiro atoms. The first-order chi connectivity index (χ1) is 9.65. The average Bonchev–Trinajstić information content (AvgIpc) is 3.08. The Kier molecular flexibility index (Phi) is 3.93. The average molecular weight is 325 g/mol. The van der Waals surface area contributed by atoms with Crippen LogP contribution in [0.4, 0.5) is 5.00 Å². The van der Waals surface area contributed by atoms with Crippen LogP contribution in [0.5, 0.6) is 5.75 Å². The third kappa shape index (κ3) is 2.67. The van der Waals surface area contributed by atoms with Crippen molar-refractivity contribution in [3.63, 3.8) is 0 Å². The monoisotopic (exact) mass is 325 g/mol. The Morgan fingerprint density at radius 3 is 3.05 bits per heavy atom. The van der Waals surface area contributed by atoms with E-state index in [1.165, 1.54) is 16.4 Å². The number of nitrogens with one attached hydrogen (secondary N) is 1. The predicted molar refractivity (Wildman–Crippen MR) is 88.2 cm³/mol. The Bertz CT molecular complexity index is 700. The number of rotatable bonds is 5. The molecule has 20 heavy (non-hydrogen) atoms. The number of nitrogens with zero attached hydrogens (tertiary/aromatic N) is 1. The van der Waals surface area contributed by atoms with Gasteiger partial charge in [0, 0.05) is 17.3 Å². The van der Waals surface area contributed by atoms with E-state index >= 15 is 0 Å². The Labute approximate surface area is 129 Å². The summed E-state index contributed by atoms with van der Waals surface area (Å²) in [5.41, 5.74) is 6.51. The van der Waals surface area contributed by atoms with Gasteiger partial charge in [-0.3, -0.25) is 0 Å². The largest absolute Gasteiger partial charge is 0.505 e. The first-order valence-electron chi connectivity index (χ1n) is 6.27. The van der Waals surface area contributed by atoms with Crippen LogP contribution in [-0.4, -0.2) is 15.5 Å². The topological polar surface area (TPSA) is 71.2 Å². The highest BCUT2D eigenvalue weighted by molar-refractivity contribution is 7.25. The third-order valence-corrected chi connectivity index (χ3v) is 5.89. The van der Waals surface area contributed by atoms with Crippen LogP contribution in [0.3, 0.4) is 0 Å². The van der Waals surface area contributed by atoms with Gasteiger partial charge >= 0.3 is 0 Å². The molecule has 3 heterocycles. The van der Waals surface area contributed by atoms with Gasteiger partial charge in [-0.15, -0.1) is 22.7 Å². The Balaban J connectivity index is 1.84. The van der Waals surface area contributed by atoms with Crippen LogP contribution >= 0.6 is 34.2 Å². The van der Waals surface area contributed by atoms with Gasteiger partial charge in [-0.05, 0) is 29.9 Å². The fraction of sp³-hybridized carbons (Fsp3) is 0.308. The molecule has 4 nitrogen and oxygen atoms in total. The molecule has 0 aliphatic carbocycles. The van der Waals surface area contributed by atoms with Gasteiger partial charge in [-0.1, -0.05) is 6.07 Å². The first-order valence-corrected chi connectivity index (χ1v) is 8.74. The van der Waals surface area contributed by atoms with Crippen LogP contribution in [0.2, 0.25) is 0 Å². The summed E-state index contributed by atoms with van der Waals surface area (Å²) < 4.78 is 5.38. The fourth-order valence-electron chi connectivity index (χ4n) is 1.95. The number of nitrogens with two attached hydrogens (primary N) is 1. The van der Waals surface area contributed by atoms with Gasteiger partial charge in [0.2, 0.25) is 0 Å². The van der Waals surface area contributed by atoms with E-state index in [1.807, 2.05) is 13.0 Å². The molecule has 3 aromatic rings. The van der Waals surface area contributed by atoms with Gasteiger partial charge in [0.15, 0.2) is 5.75 Å². The highest BCUT2D eigenvalue weighted by Gasteiger charge is 2.18. The number of fused-ring (bicyclic) bond motifs is 1. The molecule has 3 rings (SSSR count). The SMILES string of the molecule is C[C@H](N)Cc1sc2c(NCc3cccs3)snc2c1O. The number of aromatic nitrogens is 1.